The Balaban J connectivity index is 2.25. The molecule has 1 rings (SSSR count). The van der Waals surface area contributed by atoms with E-state index in [1.54, 1.807) is 0 Å². The molecule has 0 aromatic rings. The SMILES string of the molecule is CCCCCCCC/C=C/C/C=C/CCCCC(=O)OC[C@H](CO[C@@H]1O[C@H](CO)[C@H](O)C(O)C1O)OC(=O)CCCCCCCCCCCCCCCCCCCCCCCC. The van der Waals surface area contributed by atoms with Gasteiger partial charge < -0.3 is 39.4 Å². The molecule has 10 nitrogen and oxygen atoms in total. The first-order chi connectivity index (χ1) is 30.3. The van der Waals surface area contributed by atoms with Gasteiger partial charge in [0.1, 0.15) is 31.0 Å². The van der Waals surface area contributed by atoms with Crippen LogP contribution in [0.2, 0.25) is 0 Å². The van der Waals surface area contributed by atoms with E-state index in [0.717, 1.165) is 44.9 Å². The quantitative estimate of drug-likeness (QED) is 0.0264. The summed E-state index contributed by atoms with van der Waals surface area (Å²) in [6, 6.07) is 0. The molecule has 6 atom stereocenters. The Kier molecular flexibility index (Phi) is 40.4. The van der Waals surface area contributed by atoms with Crippen LogP contribution < -0.4 is 0 Å². The van der Waals surface area contributed by atoms with Crippen molar-refractivity contribution in [3.63, 3.8) is 0 Å². The van der Waals surface area contributed by atoms with Crippen LogP contribution in [0.3, 0.4) is 0 Å². The highest BCUT2D eigenvalue weighted by molar-refractivity contribution is 5.70. The van der Waals surface area contributed by atoms with Crippen molar-refractivity contribution in [2.24, 2.45) is 0 Å². The van der Waals surface area contributed by atoms with Gasteiger partial charge >= 0.3 is 11.9 Å². The summed E-state index contributed by atoms with van der Waals surface area (Å²) in [5.41, 5.74) is 0. The highest BCUT2D eigenvalue weighted by Crippen LogP contribution is 2.23. The topological polar surface area (TPSA) is 152 Å². The number of carbonyl (C=O) groups excluding carboxylic acids is 2. The first-order valence-electron chi connectivity index (χ1n) is 25.9. The summed E-state index contributed by atoms with van der Waals surface area (Å²) >= 11 is 0. The summed E-state index contributed by atoms with van der Waals surface area (Å²) in [6.45, 7) is 3.42. The van der Waals surface area contributed by atoms with Crippen LogP contribution in [0.4, 0.5) is 0 Å². The Morgan fingerprint density at radius 1 is 0.500 bits per heavy atom. The lowest BCUT2D eigenvalue weighted by molar-refractivity contribution is -0.305. The Morgan fingerprint density at radius 3 is 1.37 bits per heavy atom. The Bertz CT molecular complexity index is 1060. The number of hydrogen-bond donors (Lipinski definition) is 4. The van der Waals surface area contributed by atoms with E-state index in [9.17, 15) is 30.0 Å². The summed E-state index contributed by atoms with van der Waals surface area (Å²) < 4.78 is 22.2. The van der Waals surface area contributed by atoms with E-state index in [4.69, 9.17) is 18.9 Å². The molecule has 62 heavy (non-hydrogen) atoms. The van der Waals surface area contributed by atoms with Crippen LogP contribution in [0.25, 0.3) is 0 Å². The van der Waals surface area contributed by atoms with Crippen molar-refractivity contribution in [2.75, 3.05) is 19.8 Å². The number of rotatable bonds is 44. The van der Waals surface area contributed by atoms with Gasteiger partial charge in [0.05, 0.1) is 13.2 Å². The van der Waals surface area contributed by atoms with Crippen LogP contribution in [0.5, 0.6) is 0 Å². The predicted molar refractivity (Wildman–Crippen MR) is 252 cm³/mol. The molecule has 0 bridgehead atoms. The lowest BCUT2D eigenvalue weighted by Crippen LogP contribution is -2.59. The van der Waals surface area contributed by atoms with E-state index in [2.05, 4.69) is 38.2 Å². The van der Waals surface area contributed by atoms with Crippen LogP contribution in [0, 0.1) is 0 Å². The molecule has 0 amide bonds. The highest BCUT2D eigenvalue weighted by atomic mass is 16.7. The lowest BCUT2D eigenvalue weighted by Gasteiger charge is -2.39. The molecular formula is C52H96O10. The molecule has 2 unspecified atom stereocenters. The van der Waals surface area contributed by atoms with Crippen LogP contribution in [-0.4, -0.2) is 89.0 Å². The van der Waals surface area contributed by atoms with Crippen molar-refractivity contribution in [3.05, 3.63) is 24.3 Å². The smallest absolute Gasteiger partial charge is 0.306 e. The summed E-state index contributed by atoms with van der Waals surface area (Å²) in [4.78, 5) is 25.4. The third kappa shape index (κ3) is 33.7. The van der Waals surface area contributed by atoms with E-state index < -0.39 is 55.4 Å². The highest BCUT2D eigenvalue weighted by Gasteiger charge is 2.44. The number of ether oxygens (including phenoxy) is 4. The third-order valence-electron chi connectivity index (χ3n) is 12.1. The Hall–Kier alpha value is -1.82. The maximum absolute atomic E-state index is 12.8. The number of allylic oxidation sites excluding steroid dienone is 4. The predicted octanol–water partition coefficient (Wildman–Crippen LogP) is 12.1. The van der Waals surface area contributed by atoms with E-state index in [1.807, 2.05) is 0 Å². The number of aliphatic hydroxyl groups is 4. The molecule has 0 radical (unpaired) electrons. The number of esters is 2. The summed E-state index contributed by atoms with van der Waals surface area (Å²) in [7, 11) is 0. The second-order valence-corrected chi connectivity index (χ2v) is 18.0. The zero-order valence-corrected chi connectivity index (χ0v) is 39.9. The van der Waals surface area contributed by atoms with Crippen LogP contribution in [0.15, 0.2) is 24.3 Å². The minimum atomic E-state index is -1.60. The summed E-state index contributed by atoms with van der Waals surface area (Å²) in [6.07, 6.45) is 42.0. The first kappa shape index (κ1) is 58.2. The molecule has 1 saturated heterocycles. The molecule has 1 fully saturated rings. The van der Waals surface area contributed by atoms with Gasteiger partial charge in [-0.1, -0.05) is 205 Å². The van der Waals surface area contributed by atoms with E-state index in [-0.39, 0.29) is 26.1 Å². The zero-order chi connectivity index (χ0) is 45.1. The van der Waals surface area contributed by atoms with Gasteiger partial charge in [-0.3, -0.25) is 9.59 Å². The molecule has 4 N–H and O–H groups in total. The lowest BCUT2D eigenvalue weighted by atomic mass is 9.99. The van der Waals surface area contributed by atoms with Crippen molar-refractivity contribution < 1.29 is 49.0 Å². The molecule has 0 aromatic heterocycles. The van der Waals surface area contributed by atoms with Gasteiger partial charge in [-0.2, -0.15) is 0 Å². The molecular weight excluding hydrogens is 785 g/mol. The molecule has 0 saturated carbocycles. The summed E-state index contributed by atoms with van der Waals surface area (Å²) in [5.74, 6) is -0.833. The van der Waals surface area contributed by atoms with Crippen LogP contribution in [0.1, 0.15) is 239 Å². The average Bonchev–Trinajstić information content (AvgIpc) is 3.27. The van der Waals surface area contributed by atoms with Crippen molar-refractivity contribution >= 4 is 11.9 Å². The van der Waals surface area contributed by atoms with Gasteiger partial charge in [0, 0.05) is 12.8 Å². The number of aliphatic hydroxyl groups excluding tert-OH is 4. The van der Waals surface area contributed by atoms with E-state index >= 15 is 0 Å². The Morgan fingerprint density at radius 2 is 0.903 bits per heavy atom. The van der Waals surface area contributed by atoms with Crippen molar-refractivity contribution in [1.82, 2.24) is 0 Å². The standard InChI is InChI=1S/C52H96O10/c1-3-5-7-9-11-13-15-17-19-20-21-22-23-24-25-27-29-31-33-35-37-39-41-48(55)61-45(44-60-52-51(58)50(57)49(56)46(42-53)62-52)43-59-47(54)40-38-36-34-32-30-28-26-18-16-14-12-10-8-6-4-2/h18,26,30,32,45-46,49-53,56-58H,3-17,19-25,27-29,31,33-44H2,1-2H3/b26-18+,32-30+/t45-,46-,49+,50?,51?,52-/m1/s1. The fraction of sp³-hybridized carbons (Fsp3) is 0.885. The molecule has 1 aliphatic heterocycles. The molecule has 1 aliphatic rings. The normalized spacial score (nSPS) is 19.7. The van der Waals surface area contributed by atoms with Gasteiger partial charge in [-0.15, -0.1) is 0 Å². The maximum Gasteiger partial charge on any atom is 0.306 e. The largest absolute Gasteiger partial charge is 0.462 e. The van der Waals surface area contributed by atoms with E-state index in [1.165, 1.54) is 154 Å². The number of hydrogen-bond acceptors (Lipinski definition) is 10. The van der Waals surface area contributed by atoms with Gasteiger partial charge in [-0.25, -0.2) is 0 Å². The van der Waals surface area contributed by atoms with E-state index in [0.29, 0.717) is 12.8 Å². The fourth-order valence-electron chi connectivity index (χ4n) is 7.99. The summed E-state index contributed by atoms with van der Waals surface area (Å²) in [5, 5.41) is 40.2. The average molecular weight is 881 g/mol. The van der Waals surface area contributed by atoms with Gasteiger partial charge in [0.2, 0.25) is 0 Å². The molecule has 1 heterocycles. The molecule has 0 aromatic carbocycles. The van der Waals surface area contributed by atoms with Crippen molar-refractivity contribution in [3.8, 4) is 0 Å². The fourth-order valence-corrected chi connectivity index (χ4v) is 7.99. The van der Waals surface area contributed by atoms with Crippen LogP contribution in [-0.2, 0) is 28.5 Å². The zero-order valence-electron chi connectivity index (χ0n) is 39.9. The maximum atomic E-state index is 12.8. The van der Waals surface area contributed by atoms with Crippen molar-refractivity contribution in [1.29, 1.82) is 0 Å². The number of unbranched alkanes of at least 4 members (excludes halogenated alkanes) is 29. The minimum absolute atomic E-state index is 0.228. The molecule has 10 heteroatoms. The van der Waals surface area contributed by atoms with Gasteiger partial charge in [0.25, 0.3) is 0 Å². The van der Waals surface area contributed by atoms with Gasteiger partial charge in [-0.05, 0) is 44.9 Å². The molecule has 0 spiro atoms. The third-order valence-corrected chi connectivity index (χ3v) is 12.1. The second kappa shape index (κ2) is 43.1. The second-order valence-electron chi connectivity index (χ2n) is 18.0. The van der Waals surface area contributed by atoms with Gasteiger partial charge in [0.15, 0.2) is 12.4 Å². The molecule has 0 aliphatic carbocycles. The molecule has 364 valence electrons. The number of carbonyl (C=O) groups is 2. The Labute approximate surface area is 379 Å². The van der Waals surface area contributed by atoms with Crippen LogP contribution >= 0.6 is 0 Å². The minimum Gasteiger partial charge on any atom is -0.462 e. The first-order valence-corrected chi connectivity index (χ1v) is 25.9. The van der Waals surface area contributed by atoms with Crippen molar-refractivity contribution in [2.45, 2.75) is 275 Å². The monoisotopic (exact) mass is 881 g/mol.